The van der Waals surface area contributed by atoms with Crippen LogP contribution in [0.15, 0.2) is 47.6 Å². The Morgan fingerprint density at radius 2 is 1.74 bits per heavy atom. The summed E-state index contributed by atoms with van der Waals surface area (Å²) in [6, 6.07) is 10.1. The SMILES string of the molecule is COc1cc(/C=N\n2c(C)nnc2C)ccc1OC(=O)c1ccc(F)cc1. The summed E-state index contributed by atoms with van der Waals surface area (Å²) < 4.78 is 25.2. The fourth-order valence-corrected chi connectivity index (χ4v) is 2.35. The van der Waals surface area contributed by atoms with Crippen molar-refractivity contribution in [1.82, 2.24) is 14.9 Å². The second-order valence-electron chi connectivity index (χ2n) is 5.66. The molecule has 0 aliphatic heterocycles. The van der Waals surface area contributed by atoms with Crippen LogP contribution >= 0.6 is 0 Å². The molecular formula is C19H17FN4O3. The summed E-state index contributed by atoms with van der Waals surface area (Å²) in [6.07, 6.45) is 1.62. The van der Waals surface area contributed by atoms with Crippen LogP contribution in [0.2, 0.25) is 0 Å². The van der Waals surface area contributed by atoms with Gasteiger partial charge in [-0.3, -0.25) is 0 Å². The molecule has 0 saturated heterocycles. The van der Waals surface area contributed by atoms with Crippen molar-refractivity contribution in [1.29, 1.82) is 0 Å². The molecule has 0 radical (unpaired) electrons. The van der Waals surface area contributed by atoms with Crippen LogP contribution in [0.4, 0.5) is 4.39 Å². The van der Waals surface area contributed by atoms with Gasteiger partial charge in [-0.1, -0.05) is 0 Å². The Kier molecular flexibility index (Phi) is 5.25. The van der Waals surface area contributed by atoms with Crippen LogP contribution in [-0.2, 0) is 0 Å². The van der Waals surface area contributed by atoms with Crippen molar-refractivity contribution in [3.8, 4) is 11.5 Å². The zero-order valence-electron chi connectivity index (χ0n) is 15.0. The first-order valence-electron chi connectivity index (χ1n) is 8.06. The number of methoxy groups -OCH3 is 1. The Hall–Kier alpha value is -3.55. The van der Waals surface area contributed by atoms with Gasteiger partial charge in [-0.05, 0) is 61.9 Å². The predicted molar refractivity (Wildman–Crippen MR) is 96.8 cm³/mol. The highest BCUT2D eigenvalue weighted by Crippen LogP contribution is 2.28. The molecule has 0 aliphatic carbocycles. The molecule has 0 fully saturated rings. The van der Waals surface area contributed by atoms with Crippen molar-refractivity contribution in [2.75, 3.05) is 7.11 Å². The lowest BCUT2D eigenvalue weighted by atomic mass is 10.2. The first-order valence-corrected chi connectivity index (χ1v) is 8.06. The largest absolute Gasteiger partial charge is 0.493 e. The molecule has 7 nitrogen and oxygen atoms in total. The van der Waals surface area contributed by atoms with E-state index in [0.29, 0.717) is 17.4 Å². The monoisotopic (exact) mass is 368 g/mol. The second-order valence-corrected chi connectivity index (χ2v) is 5.66. The maximum Gasteiger partial charge on any atom is 0.343 e. The standard InChI is InChI=1S/C19H17FN4O3/c1-12-22-23-13(2)24(12)21-11-14-4-9-17(18(10-14)26-3)27-19(25)15-5-7-16(20)8-6-15/h4-11H,1-3H3/b21-11-. The number of carbonyl (C=O) groups is 1. The number of aryl methyl sites for hydroxylation is 2. The van der Waals surface area contributed by atoms with Gasteiger partial charge in [-0.2, -0.15) is 5.10 Å². The molecule has 3 aromatic rings. The quantitative estimate of drug-likeness (QED) is 0.393. The first kappa shape index (κ1) is 18.2. The van der Waals surface area contributed by atoms with Gasteiger partial charge in [0.05, 0.1) is 18.9 Å². The van der Waals surface area contributed by atoms with E-state index in [1.807, 2.05) is 0 Å². The zero-order chi connectivity index (χ0) is 19.4. The molecule has 2 aromatic carbocycles. The molecule has 8 heteroatoms. The van der Waals surface area contributed by atoms with Crippen molar-refractivity contribution < 1.29 is 18.7 Å². The smallest absolute Gasteiger partial charge is 0.343 e. The Bertz CT molecular complexity index is 977. The number of benzene rings is 2. The van der Waals surface area contributed by atoms with Crippen LogP contribution in [0.25, 0.3) is 0 Å². The van der Waals surface area contributed by atoms with Crippen LogP contribution in [-0.4, -0.2) is 34.2 Å². The summed E-state index contributed by atoms with van der Waals surface area (Å²) in [5, 5.41) is 12.2. The molecule has 0 N–H and O–H groups in total. The number of halogens is 1. The van der Waals surface area contributed by atoms with E-state index in [2.05, 4.69) is 15.3 Å². The van der Waals surface area contributed by atoms with Crippen LogP contribution in [0.1, 0.15) is 27.6 Å². The van der Waals surface area contributed by atoms with Gasteiger partial charge in [0.15, 0.2) is 23.1 Å². The number of rotatable bonds is 5. The molecule has 1 heterocycles. The van der Waals surface area contributed by atoms with Crippen molar-refractivity contribution >= 4 is 12.2 Å². The second kappa shape index (κ2) is 7.77. The number of nitrogens with zero attached hydrogens (tertiary/aromatic N) is 4. The van der Waals surface area contributed by atoms with E-state index >= 15 is 0 Å². The van der Waals surface area contributed by atoms with E-state index < -0.39 is 11.8 Å². The van der Waals surface area contributed by atoms with Gasteiger partial charge in [-0.25, -0.2) is 13.9 Å². The molecule has 0 atom stereocenters. The minimum Gasteiger partial charge on any atom is -0.493 e. The van der Waals surface area contributed by atoms with E-state index in [1.165, 1.54) is 31.4 Å². The molecule has 0 spiro atoms. The van der Waals surface area contributed by atoms with Crippen molar-refractivity contribution in [2.45, 2.75) is 13.8 Å². The van der Waals surface area contributed by atoms with Crippen LogP contribution in [0.5, 0.6) is 11.5 Å². The molecule has 27 heavy (non-hydrogen) atoms. The third-order valence-electron chi connectivity index (χ3n) is 3.75. The lowest BCUT2D eigenvalue weighted by Crippen LogP contribution is -2.09. The third-order valence-corrected chi connectivity index (χ3v) is 3.75. The minimum atomic E-state index is -0.606. The zero-order valence-corrected chi connectivity index (χ0v) is 15.0. The molecule has 0 amide bonds. The van der Waals surface area contributed by atoms with Gasteiger partial charge in [0.25, 0.3) is 0 Å². The summed E-state index contributed by atoms with van der Waals surface area (Å²) in [5.41, 5.74) is 0.976. The lowest BCUT2D eigenvalue weighted by Gasteiger charge is -2.10. The van der Waals surface area contributed by atoms with E-state index in [0.717, 1.165) is 5.56 Å². The molecule has 138 valence electrons. The van der Waals surface area contributed by atoms with Gasteiger partial charge >= 0.3 is 5.97 Å². The van der Waals surface area contributed by atoms with Crippen LogP contribution in [0.3, 0.4) is 0 Å². The number of carbonyl (C=O) groups excluding carboxylic acids is 1. The Morgan fingerprint density at radius 1 is 1.07 bits per heavy atom. The topological polar surface area (TPSA) is 78.6 Å². The third kappa shape index (κ3) is 4.17. The fraction of sp³-hybridized carbons (Fsp3) is 0.158. The molecule has 1 aromatic heterocycles. The number of aromatic nitrogens is 3. The van der Waals surface area contributed by atoms with E-state index in [-0.39, 0.29) is 11.3 Å². The highest BCUT2D eigenvalue weighted by Gasteiger charge is 2.13. The Labute approximate surface area is 155 Å². The molecule has 0 aliphatic rings. The van der Waals surface area contributed by atoms with Gasteiger partial charge in [-0.15, -0.1) is 10.2 Å². The maximum absolute atomic E-state index is 13.0. The fourth-order valence-electron chi connectivity index (χ4n) is 2.35. The van der Waals surface area contributed by atoms with E-state index in [4.69, 9.17) is 9.47 Å². The van der Waals surface area contributed by atoms with E-state index in [1.54, 1.807) is 42.9 Å². The highest BCUT2D eigenvalue weighted by molar-refractivity contribution is 5.91. The summed E-state index contributed by atoms with van der Waals surface area (Å²) in [5.74, 6) is 0.921. The van der Waals surface area contributed by atoms with Crippen molar-refractivity contribution in [2.24, 2.45) is 5.10 Å². The summed E-state index contributed by atoms with van der Waals surface area (Å²) >= 11 is 0. The maximum atomic E-state index is 13.0. The Balaban J connectivity index is 1.80. The normalized spacial score (nSPS) is 11.0. The summed E-state index contributed by atoms with van der Waals surface area (Å²) in [4.78, 5) is 12.2. The van der Waals surface area contributed by atoms with Gasteiger partial charge in [0.1, 0.15) is 5.82 Å². The molecular weight excluding hydrogens is 351 g/mol. The van der Waals surface area contributed by atoms with Crippen molar-refractivity contribution in [3.63, 3.8) is 0 Å². The molecule has 0 saturated carbocycles. The van der Waals surface area contributed by atoms with Gasteiger partial charge in [0, 0.05) is 0 Å². The van der Waals surface area contributed by atoms with Gasteiger partial charge < -0.3 is 9.47 Å². The Morgan fingerprint density at radius 3 is 2.37 bits per heavy atom. The number of esters is 1. The van der Waals surface area contributed by atoms with Crippen LogP contribution < -0.4 is 9.47 Å². The number of ether oxygens (including phenoxy) is 2. The molecule has 0 bridgehead atoms. The first-order chi connectivity index (χ1) is 13.0. The highest BCUT2D eigenvalue weighted by atomic mass is 19.1. The van der Waals surface area contributed by atoms with Crippen LogP contribution in [0, 0.1) is 19.7 Å². The summed E-state index contributed by atoms with van der Waals surface area (Å²) in [6.45, 7) is 3.60. The average molecular weight is 368 g/mol. The van der Waals surface area contributed by atoms with E-state index in [9.17, 15) is 9.18 Å². The average Bonchev–Trinajstić information content (AvgIpc) is 2.99. The molecule has 0 unspecified atom stereocenters. The van der Waals surface area contributed by atoms with Gasteiger partial charge in [0.2, 0.25) is 0 Å². The lowest BCUT2D eigenvalue weighted by molar-refractivity contribution is 0.0729. The minimum absolute atomic E-state index is 0.239. The predicted octanol–water partition coefficient (Wildman–Crippen LogP) is 3.14. The number of hydrogen-bond donors (Lipinski definition) is 0. The van der Waals surface area contributed by atoms with Crippen molar-refractivity contribution in [3.05, 3.63) is 71.1 Å². The summed E-state index contributed by atoms with van der Waals surface area (Å²) in [7, 11) is 1.47. The number of hydrogen-bond acceptors (Lipinski definition) is 6. The molecule has 3 rings (SSSR count).